The van der Waals surface area contributed by atoms with E-state index >= 15 is 0 Å². The van der Waals surface area contributed by atoms with Gasteiger partial charge in [-0.1, -0.05) is 0 Å². The first kappa shape index (κ1) is 17.6. The van der Waals surface area contributed by atoms with Crippen LogP contribution in [-0.2, 0) is 14.8 Å². The smallest absolute Gasteiger partial charge is 0.241 e. The highest BCUT2D eigenvalue weighted by molar-refractivity contribution is 7.88. The lowest BCUT2D eigenvalue weighted by atomic mass is 10.1. The van der Waals surface area contributed by atoms with E-state index in [9.17, 15) is 13.2 Å². The molecule has 10 heteroatoms. The number of nitrogens with one attached hydrogen (secondary N) is 1. The SMILES string of the molecule is CN(CC(=O)Nc1nc(-c2ccc3c(c2)OCCO3)cs1)S(C)(=O)=O. The fourth-order valence-electron chi connectivity index (χ4n) is 2.14. The second-order valence-corrected chi connectivity index (χ2v) is 8.41. The van der Waals surface area contributed by atoms with Gasteiger partial charge in [0.25, 0.3) is 0 Å². The Morgan fingerprint density at radius 3 is 2.76 bits per heavy atom. The van der Waals surface area contributed by atoms with Gasteiger partial charge in [0, 0.05) is 18.0 Å². The third-order valence-electron chi connectivity index (χ3n) is 3.52. The number of nitrogens with zero attached hydrogens (tertiary/aromatic N) is 2. The van der Waals surface area contributed by atoms with Gasteiger partial charge in [-0.25, -0.2) is 13.4 Å². The molecule has 3 rings (SSSR count). The van der Waals surface area contributed by atoms with E-state index < -0.39 is 15.9 Å². The minimum absolute atomic E-state index is 0.266. The quantitative estimate of drug-likeness (QED) is 0.838. The van der Waals surface area contributed by atoms with Gasteiger partial charge in [-0.2, -0.15) is 4.31 Å². The number of sulfonamides is 1. The number of likely N-dealkylation sites (N-methyl/N-ethyl adjacent to an activating group) is 1. The van der Waals surface area contributed by atoms with E-state index in [1.807, 2.05) is 18.2 Å². The second-order valence-electron chi connectivity index (χ2n) is 5.46. The number of hydrogen-bond acceptors (Lipinski definition) is 7. The van der Waals surface area contributed by atoms with Crippen molar-refractivity contribution in [3.8, 4) is 22.8 Å². The zero-order valence-corrected chi connectivity index (χ0v) is 15.3. The Hall–Kier alpha value is -2.17. The average Bonchev–Trinajstić information content (AvgIpc) is 3.01. The standard InChI is InChI=1S/C15H17N3O5S2/c1-18(25(2,20)21)8-14(19)17-15-16-11(9-24-15)10-3-4-12-13(7-10)23-6-5-22-12/h3-4,7,9H,5-6,8H2,1-2H3,(H,16,17,19). The Bertz CT molecular complexity index is 894. The van der Waals surface area contributed by atoms with E-state index in [1.165, 1.54) is 18.4 Å². The van der Waals surface area contributed by atoms with Crippen molar-refractivity contribution < 1.29 is 22.7 Å². The van der Waals surface area contributed by atoms with Crippen LogP contribution < -0.4 is 14.8 Å². The van der Waals surface area contributed by atoms with Gasteiger partial charge < -0.3 is 14.8 Å². The van der Waals surface area contributed by atoms with Crippen molar-refractivity contribution in [2.45, 2.75) is 0 Å². The summed E-state index contributed by atoms with van der Waals surface area (Å²) in [6, 6.07) is 5.53. The molecule has 134 valence electrons. The number of ether oxygens (including phenoxy) is 2. The van der Waals surface area contributed by atoms with Crippen molar-refractivity contribution >= 4 is 32.4 Å². The summed E-state index contributed by atoms with van der Waals surface area (Å²) in [5.74, 6) is 0.913. The molecule has 0 unspecified atom stereocenters. The van der Waals surface area contributed by atoms with Gasteiger partial charge in [0.1, 0.15) is 13.2 Å². The molecule has 1 N–H and O–H groups in total. The Kier molecular flexibility index (Phi) is 4.93. The van der Waals surface area contributed by atoms with Crippen LogP contribution in [0.5, 0.6) is 11.5 Å². The molecule has 0 saturated carbocycles. The molecule has 0 spiro atoms. The van der Waals surface area contributed by atoms with Crippen LogP contribution in [-0.4, -0.2) is 56.7 Å². The maximum Gasteiger partial charge on any atom is 0.241 e. The van der Waals surface area contributed by atoms with E-state index in [2.05, 4.69) is 10.3 Å². The summed E-state index contributed by atoms with van der Waals surface area (Å²) in [5.41, 5.74) is 1.53. The molecule has 0 aliphatic carbocycles. The fourth-order valence-corrected chi connectivity index (χ4v) is 3.23. The third-order valence-corrected chi connectivity index (χ3v) is 5.54. The predicted octanol–water partition coefficient (Wildman–Crippen LogP) is 1.41. The Balaban J connectivity index is 1.69. The van der Waals surface area contributed by atoms with Gasteiger partial charge in [-0.3, -0.25) is 4.79 Å². The van der Waals surface area contributed by atoms with Crippen molar-refractivity contribution in [3.63, 3.8) is 0 Å². The van der Waals surface area contributed by atoms with Gasteiger partial charge in [-0.05, 0) is 18.2 Å². The fraction of sp³-hybridized carbons (Fsp3) is 0.333. The maximum atomic E-state index is 11.9. The van der Waals surface area contributed by atoms with Crippen molar-refractivity contribution in [3.05, 3.63) is 23.6 Å². The van der Waals surface area contributed by atoms with E-state index in [-0.39, 0.29) is 6.54 Å². The number of carbonyl (C=O) groups is 1. The summed E-state index contributed by atoms with van der Waals surface area (Å²) in [5, 5.41) is 4.81. The number of aromatic nitrogens is 1. The zero-order valence-electron chi connectivity index (χ0n) is 13.7. The number of hydrogen-bond donors (Lipinski definition) is 1. The lowest BCUT2D eigenvalue weighted by molar-refractivity contribution is -0.116. The number of benzene rings is 1. The van der Waals surface area contributed by atoms with Gasteiger partial charge >= 0.3 is 0 Å². The van der Waals surface area contributed by atoms with Crippen LogP contribution in [0.2, 0.25) is 0 Å². The highest BCUT2D eigenvalue weighted by Gasteiger charge is 2.17. The third kappa shape index (κ3) is 4.27. The number of amides is 1. The molecule has 0 saturated heterocycles. The second kappa shape index (κ2) is 6.98. The molecule has 1 amide bonds. The first-order valence-corrected chi connectivity index (χ1v) is 10.1. The van der Waals surface area contributed by atoms with Crippen LogP contribution in [0.3, 0.4) is 0 Å². The van der Waals surface area contributed by atoms with Crippen LogP contribution in [0.25, 0.3) is 11.3 Å². The molecular formula is C15H17N3O5S2. The van der Waals surface area contributed by atoms with Crippen LogP contribution in [0.15, 0.2) is 23.6 Å². The molecule has 2 heterocycles. The molecule has 25 heavy (non-hydrogen) atoms. The molecule has 2 aromatic rings. The van der Waals surface area contributed by atoms with E-state index in [0.29, 0.717) is 35.5 Å². The van der Waals surface area contributed by atoms with Gasteiger partial charge in [0.2, 0.25) is 15.9 Å². The van der Waals surface area contributed by atoms with Crippen molar-refractivity contribution in [2.24, 2.45) is 0 Å². The van der Waals surface area contributed by atoms with E-state index in [4.69, 9.17) is 9.47 Å². The van der Waals surface area contributed by atoms with Crippen molar-refractivity contribution in [2.75, 3.05) is 38.4 Å². The van der Waals surface area contributed by atoms with Gasteiger partial charge in [-0.15, -0.1) is 11.3 Å². The summed E-state index contributed by atoms with van der Waals surface area (Å²) in [6.07, 6.45) is 1.05. The number of carbonyl (C=O) groups excluding carboxylic acids is 1. The highest BCUT2D eigenvalue weighted by Crippen LogP contribution is 2.35. The molecule has 0 radical (unpaired) electrons. The molecule has 0 atom stereocenters. The van der Waals surface area contributed by atoms with E-state index in [0.717, 1.165) is 16.1 Å². The normalized spacial score (nSPS) is 13.7. The molecule has 1 aromatic carbocycles. The van der Waals surface area contributed by atoms with Gasteiger partial charge in [0.05, 0.1) is 18.5 Å². The van der Waals surface area contributed by atoms with E-state index in [1.54, 1.807) is 5.38 Å². The first-order chi connectivity index (χ1) is 11.8. The molecule has 0 fully saturated rings. The lowest BCUT2D eigenvalue weighted by Gasteiger charge is -2.18. The van der Waals surface area contributed by atoms with Crippen LogP contribution in [0.1, 0.15) is 0 Å². The number of fused-ring (bicyclic) bond motifs is 1. The molecule has 1 aliphatic rings. The summed E-state index contributed by atoms with van der Waals surface area (Å²) < 4.78 is 34.7. The summed E-state index contributed by atoms with van der Waals surface area (Å²) in [6.45, 7) is 0.765. The maximum absolute atomic E-state index is 11.9. The molecule has 8 nitrogen and oxygen atoms in total. The lowest BCUT2D eigenvalue weighted by Crippen LogP contribution is -2.34. The average molecular weight is 383 g/mol. The highest BCUT2D eigenvalue weighted by atomic mass is 32.2. The summed E-state index contributed by atoms with van der Waals surface area (Å²) in [4.78, 5) is 16.3. The van der Waals surface area contributed by atoms with Crippen LogP contribution in [0, 0.1) is 0 Å². The summed E-state index contributed by atoms with van der Waals surface area (Å²) >= 11 is 1.26. The molecule has 0 bridgehead atoms. The van der Waals surface area contributed by atoms with Gasteiger partial charge in [0.15, 0.2) is 16.6 Å². The number of rotatable bonds is 5. The molecule has 1 aliphatic heterocycles. The Labute approximate surface area is 149 Å². The van der Waals surface area contributed by atoms with Crippen LogP contribution in [0.4, 0.5) is 5.13 Å². The van der Waals surface area contributed by atoms with Crippen LogP contribution >= 0.6 is 11.3 Å². The number of anilines is 1. The largest absolute Gasteiger partial charge is 0.486 e. The topological polar surface area (TPSA) is 97.8 Å². The Morgan fingerprint density at radius 2 is 2.04 bits per heavy atom. The molecular weight excluding hydrogens is 366 g/mol. The summed E-state index contributed by atoms with van der Waals surface area (Å²) in [7, 11) is -2.06. The minimum atomic E-state index is -3.41. The van der Waals surface area contributed by atoms with Crippen molar-refractivity contribution in [1.82, 2.24) is 9.29 Å². The Morgan fingerprint density at radius 1 is 1.32 bits per heavy atom. The first-order valence-electron chi connectivity index (χ1n) is 7.39. The minimum Gasteiger partial charge on any atom is -0.486 e. The monoisotopic (exact) mass is 383 g/mol. The van der Waals surface area contributed by atoms with Crippen molar-refractivity contribution in [1.29, 1.82) is 0 Å². The molecule has 1 aromatic heterocycles. The predicted molar refractivity (Wildman–Crippen MR) is 94.6 cm³/mol. The number of thiazole rings is 1. The zero-order chi connectivity index (χ0) is 18.0.